The molecule has 35 heavy (non-hydrogen) atoms. The van der Waals surface area contributed by atoms with Crippen molar-refractivity contribution in [1.82, 2.24) is 9.55 Å². The van der Waals surface area contributed by atoms with Gasteiger partial charge < -0.3 is 18.8 Å². The maximum atomic E-state index is 13.9. The van der Waals surface area contributed by atoms with Gasteiger partial charge in [0.1, 0.15) is 41.9 Å². The van der Waals surface area contributed by atoms with E-state index in [1.165, 1.54) is 12.1 Å². The Labute approximate surface area is 202 Å². The molecule has 0 radical (unpaired) electrons. The van der Waals surface area contributed by atoms with Gasteiger partial charge in [0.2, 0.25) is 0 Å². The van der Waals surface area contributed by atoms with Crippen molar-refractivity contribution in [1.29, 1.82) is 5.26 Å². The number of aromatic nitrogens is 2. The maximum absolute atomic E-state index is 13.9. The van der Waals surface area contributed by atoms with E-state index in [2.05, 4.69) is 16.7 Å². The van der Waals surface area contributed by atoms with E-state index in [0.717, 1.165) is 44.9 Å². The average Bonchev–Trinajstić information content (AvgIpc) is 3.12. The normalized spacial score (nSPS) is 13.9. The van der Waals surface area contributed by atoms with E-state index in [1.807, 2.05) is 30.3 Å². The fourth-order valence-corrected chi connectivity index (χ4v) is 4.65. The van der Waals surface area contributed by atoms with Crippen LogP contribution in [0.5, 0.6) is 11.5 Å². The van der Waals surface area contributed by atoms with Gasteiger partial charge in [0, 0.05) is 36.4 Å². The van der Waals surface area contributed by atoms with Gasteiger partial charge >= 0.3 is 0 Å². The summed E-state index contributed by atoms with van der Waals surface area (Å²) in [6, 6.07) is 18.6. The van der Waals surface area contributed by atoms with Gasteiger partial charge in [-0.05, 0) is 53.9 Å². The molecule has 0 bridgehead atoms. The largest absolute Gasteiger partial charge is 0.494 e. The molecule has 0 unspecified atom stereocenters. The number of hydrogen-bond acceptors (Lipinski definition) is 5. The van der Waals surface area contributed by atoms with Crippen LogP contribution in [0.4, 0.5) is 4.39 Å². The van der Waals surface area contributed by atoms with Crippen LogP contribution in [0.25, 0.3) is 16.6 Å². The first-order chi connectivity index (χ1) is 17.0. The van der Waals surface area contributed by atoms with E-state index in [1.54, 1.807) is 27.2 Å². The maximum Gasteiger partial charge on any atom is 0.144 e. The van der Waals surface area contributed by atoms with Crippen LogP contribution >= 0.6 is 0 Å². The Morgan fingerprint density at radius 3 is 2.74 bits per heavy atom. The van der Waals surface area contributed by atoms with E-state index in [4.69, 9.17) is 19.2 Å². The SMILES string of the molecule is COCc1nc2cccc(OC)c2n1Cc1ccc2c(c1)COc1cc(F)ccc1C2=C(C)C#N. The first-order valence-electron chi connectivity index (χ1n) is 11.2. The molecule has 1 aromatic heterocycles. The molecular formula is C28H24FN3O3. The van der Waals surface area contributed by atoms with Gasteiger partial charge in [-0.2, -0.15) is 5.26 Å². The fourth-order valence-electron chi connectivity index (χ4n) is 4.65. The zero-order valence-electron chi connectivity index (χ0n) is 19.8. The Morgan fingerprint density at radius 1 is 1.14 bits per heavy atom. The third-order valence-corrected chi connectivity index (χ3v) is 6.22. The molecule has 176 valence electrons. The van der Waals surface area contributed by atoms with Gasteiger partial charge in [0.15, 0.2) is 0 Å². The molecular weight excluding hydrogens is 445 g/mol. The first kappa shape index (κ1) is 22.6. The lowest BCUT2D eigenvalue weighted by Gasteiger charge is -2.15. The number of halogens is 1. The molecule has 0 atom stereocenters. The quantitative estimate of drug-likeness (QED) is 0.355. The number of nitrogens with zero attached hydrogens (tertiary/aromatic N) is 3. The highest BCUT2D eigenvalue weighted by Crippen LogP contribution is 2.39. The summed E-state index contributed by atoms with van der Waals surface area (Å²) in [6.07, 6.45) is 0. The summed E-state index contributed by atoms with van der Waals surface area (Å²) in [6.45, 7) is 2.94. The van der Waals surface area contributed by atoms with Gasteiger partial charge in [-0.1, -0.05) is 18.2 Å². The molecule has 6 nitrogen and oxygen atoms in total. The van der Waals surface area contributed by atoms with Crippen molar-refractivity contribution in [2.75, 3.05) is 14.2 Å². The Morgan fingerprint density at radius 2 is 1.97 bits per heavy atom. The number of para-hydroxylation sites is 1. The molecule has 2 heterocycles. The summed E-state index contributed by atoms with van der Waals surface area (Å²) in [5.74, 6) is 1.58. The summed E-state index contributed by atoms with van der Waals surface area (Å²) in [5.41, 5.74) is 6.61. The fraction of sp³-hybridized carbons (Fsp3) is 0.214. The highest BCUT2D eigenvalue weighted by atomic mass is 19.1. The molecule has 3 aromatic carbocycles. The summed E-state index contributed by atoms with van der Waals surface area (Å²) in [7, 11) is 3.29. The van der Waals surface area contributed by atoms with Gasteiger partial charge in [-0.15, -0.1) is 0 Å². The number of imidazole rings is 1. The number of rotatable bonds is 5. The van der Waals surface area contributed by atoms with Crippen LogP contribution in [-0.2, 0) is 24.5 Å². The van der Waals surface area contributed by atoms with Crippen LogP contribution in [0.2, 0.25) is 0 Å². The van der Waals surface area contributed by atoms with Crippen LogP contribution in [0.1, 0.15) is 35.0 Å². The van der Waals surface area contributed by atoms with Crippen LogP contribution in [-0.4, -0.2) is 23.8 Å². The molecule has 1 aliphatic rings. The van der Waals surface area contributed by atoms with Crippen molar-refractivity contribution in [2.45, 2.75) is 26.7 Å². The summed E-state index contributed by atoms with van der Waals surface area (Å²) in [5, 5.41) is 9.68. The van der Waals surface area contributed by atoms with E-state index < -0.39 is 0 Å². The number of nitriles is 1. The monoisotopic (exact) mass is 469 g/mol. The number of hydrogen-bond donors (Lipinski definition) is 0. The third kappa shape index (κ3) is 4.02. The molecule has 7 heteroatoms. The smallest absolute Gasteiger partial charge is 0.144 e. The van der Waals surface area contributed by atoms with Gasteiger partial charge in [-0.3, -0.25) is 0 Å². The van der Waals surface area contributed by atoms with Crippen molar-refractivity contribution in [2.24, 2.45) is 0 Å². The van der Waals surface area contributed by atoms with E-state index in [9.17, 15) is 9.65 Å². The minimum Gasteiger partial charge on any atom is -0.494 e. The third-order valence-electron chi connectivity index (χ3n) is 6.22. The summed E-state index contributed by atoms with van der Waals surface area (Å²) >= 11 is 0. The minimum absolute atomic E-state index is 0.265. The predicted octanol–water partition coefficient (Wildman–Crippen LogP) is 5.62. The van der Waals surface area contributed by atoms with Gasteiger partial charge in [-0.25, -0.2) is 9.37 Å². The molecule has 0 fully saturated rings. The van der Waals surface area contributed by atoms with E-state index in [0.29, 0.717) is 30.0 Å². The number of allylic oxidation sites excluding steroid dienone is 1. The zero-order chi connectivity index (χ0) is 24.5. The molecule has 1 aliphatic heterocycles. The minimum atomic E-state index is -0.379. The second-order valence-corrected chi connectivity index (χ2v) is 8.41. The van der Waals surface area contributed by atoms with Gasteiger partial charge in [0.25, 0.3) is 0 Å². The topological polar surface area (TPSA) is 69.3 Å². The van der Waals surface area contributed by atoms with Crippen LogP contribution in [0, 0.1) is 17.1 Å². The molecule has 0 aliphatic carbocycles. The second kappa shape index (κ2) is 9.24. The van der Waals surface area contributed by atoms with Crippen LogP contribution < -0.4 is 9.47 Å². The number of methoxy groups -OCH3 is 2. The molecule has 0 amide bonds. The zero-order valence-corrected chi connectivity index (χ0v) is 19.8. The van der Waals surface area contributed by atoms with Crippen LogP contribution in [0.3, 0.4) is 0 Å². The molecule has 0 N–H and O–H groups in total. The lowest BCUT2D eigenvalue weighted by Crippen LogP contribution is -2.08. The molecule has 4 aromatic rings. The highest BCUT2D eigenvalue weighted by Gasteiger charge is 2.23. The summed E-state index contributed by atoms with van der Waals surface area (Å²) < 4.78 is 33.1. The number of benzene rings is 3. The molecule has 5 rings (SSSR count). The highest BCUT2D eigenvalue weighted by molar-refractivity contribution is 5.88. The molecule has 0 spiro atoms. The lowest BCUT2D eigenvalue weighted by molar-refractivity contribution is 0.175. The summed E-state index contributed by atoms with van der Waals surface area (Å²) in [4.78, 5) is 4.75. The average molecular weight is 470 g/mol. The Kier molecular flexibility index (Phi) is 5.98. The Bertz CT molecular complexity index is 1510. The number of fused-ring (bicyclic) bond motifs is 3. The molecule has 0 saturated heterocycles. The van der Waals surface area contributed by atoms with Crippen molar-refractivity contribution in [3.63, 3.8) is 0 Å². The van der Waals surface area contributed by atoms with Crippen molar-refractivity contribution in [3.05, 3.63) is 94.1 Å². The standard InChI is InChI=1S/C28H24FN3O3/c1-17(13-30)27-21-9-7-18(11-19(21)15-35-25-12-20(29)8-10-22(25)27)14-32-26(16-33-2)31-23-5-4-6-24(34-3)28(23)32/h4-12H,14-16H2,1-3H3. The van der Waals surface area contributed by atoms with E-state index >= 15 is 0 Å². The number of ether oxygens (including phenoxy) is 3. The predicted molar refractivity (Wildman–Crippen MR) is 131 cm³/mol. The first-order valence-corrected chi connectivity index (χ1v) is 11.2. The van der Waals surface area contributed by atoms with E-state index in [-0.39, 0.29) is 12.4 Å². The van der Waals surface area contributed by atoms with Crippen molar-refractivity contribution < 1.29 is 18.6 Å². The van der Waals surface area contributed by atoms with Crippen molar-refractivity contribution in [3.8, 4) is 17.6 Å². The van der Waals surface area contributed by atoms with Gasteiger partial charge in [0.05, 0.1) is 18.7 Å². The lowest BCUT2D eigenvalue weighted by atomic mass is 9.90. The van der Waals surface area contributed by atoms with Crippen LogP contribution in [0.15, 0.2) is 60.2 Å². The van der Waals surface area contributed by atoms with Crippen molar-refractivity contribution >= 4 is 16.6 Å². The Balaban J connectivity index is 1.62. The molecule has 0 saturated carbocycles. The second-order valence-electron chi connectivity index (χ2n) is 8.41. The Hall–Kier alpha value is -4.15.